The van der Waals surface area contributed by atoms with E-state index in [9.17, 15) is 4.79 Å². The molecule has 0 saturated carbocycles. The lowest BCUT2D eigenvalue weighted by molar-refractivity contribution is 0.0696. The highest BCUT2D eigenvalue weighted by Gasteiger charge is 2.02. The highest BCUT2D eigenvalue weighted by atomic mass is 16.5. The van der Waals surface area contributed by atoms with Crippen molar-refractivity contribution >= 4 is 5.97 Å². The van der Waals surface area contributed by atoms with Crippen LogP contribution in [0.3, 0.4) is 0 Å². The Bertz CT molecular complexity index is 987. The van der Waals surface area contributed by atoms with Gasteiger partial charge in [0.05, 0.1) is 5.56 Å². The second kappa shape index (κ2) is 9.69. The molecule has 3 aromatic rings. The molecule has 0 unspecified atom stereocenters. The lowest BCUT2D eigenvalue weighted by atomic mass is 10.1. The van der Waals surface area contributed by atoms with Crippen molar-refractivity contribution in [3.8, 4) is 5.75 Å². The van der Waals surface area contributed by atoms with E-state index in [2.05, 4.69) is 55.2 Å². The number of benzene rings is 2. The van der Waals surface area contributed by atoms with E-state index in [1.807, 2.05) is 18.2 Å². The van der Waals surface area contributed by atoms with Gasteiger partial charge >= 0.3 is 5.97 Å². The average molecular weight is 387 g/mol. The largest absolute Gasteiger partial charge is 0.489 e. The number of hydrogen-bond donors (Lipinski definition) is 1. The van der Waals surface area contributed by atoms with Gasteiger partial charge in [-0.3, -0.25) is 4.98 Å². The van der Waals surface area contributed by atoms with Gasteiger partial charge in [-0.05, 0) is 55.7 Å². The molecule has 0 aliphatic carbocycles. The van der Waals surface area contributed by atoms with Crippen molar-refractivity contribution in [2.75, 3.05) is 0 Å². The summed E-state index contributed by atoms with van der Waals surface area (Å²) < 4.78 is 5.97. The SMILES string of the molecule is Cc1cc(C)cc(COc2cccc(C/C=C/Cc3ccc(C(=O)O)cn3)c2)c1. The number of allylic oxidation sites excluding steroid dienone is 2. The van der Waals surface area contributed by atoms with Gasteiger partial charge in [0.15, 0.2) is 0 Å². The Balaban J connectivity index is 1.52. The minimum absolute atomic E-state index is 0.204. The molecule has 1 heterocycles. The number of pyridine rings is 1. The molecule has 4 nitrogen and oxygen atoms in total. The molecule has 1 aromatic heterocycles. The topological polar surface area (TPSA) is 59.4 Å². The number of carboxylic acid groups (broad SMARTS) is 1. The van der Waals surface area contributed by atoms with Crippen LogP contribution in [0.1, 0.15) is 38.3 Å². The number of rotatable bonds is 8. The van der Waals surface area contributed by atoms with Gasteiger partial charge in [0.1, 0.15) is 12.4 Å². The molecule has 0 aliphatic heterocycles. The maximum atomic E-state index is 10.8. The van der Waals surface area contributed by atoms with Crippen molar-refractivity contribution < 1.29 is 14.6 Å². The molecular weight excluding hydrogens is 362 g/mol. The number of aryl methyl sites for hydroxylation is 2. The molecule has 0 bridgehead atoms. The zero-order valence-corrected chi connectivity index (χ0v) is 16.8. The average Bonchev–Trinajstić information content (AvgIpc) is 2.70. The Morgan fingerprint density at radius 1 is 0.966 bits per heavy atom. The molecule has 0 radical (unpaired) electrons. The summed E-state index contributed by atoms with van der Waals surface area (Å²) in [5.41, 5.74) is 5.89. The van der Waals surface area contributed by atoms with E-state index in [-0.39, 0.29) is 5.56 Å². The molecule has 0 aliphatic rings. The lowest BCUT2D eigenvalue weighted by Gasteiger charge is -2.09. The fraction of sp³-hybridized carbons (Fsp3) is 0.200. The smallest absolute Gasteiger partial charge is 0.337 e. The van der Waals surface area contributed by atoms with Crippen LogP contribution in [0.15, 0.2) is 72.9 Å². The Labute approximate surface area is 171 Å². The summed E-state index contributed by atoms with van der Waals surface area (Å²) >= 11 is 0. The van der Waals surface area contributed by atoms with Crippen LogP contribution in [-0.4, -0.2) is 16.1 Å². The molecule has 0 saturated heterocycles. The fourth-order valence-corrected chi connectivity index (χ4v) is 3.18. The van der Waals surface area contributed by atoms with Gasteiger partial charge < -0.3 is 9.84 Å². The van der Waals surface area contributed by atoms with Crippen molar-refractivity contribution in [3.05, 3.63) is 106 Å². The monoisotopic (exact) mass is 387 g/mol. The van der Waals surface area contributed by atoms with Crippen molar-refractivity contribution in [1.82, 2.24) is 4.98 Å². The van der Waals surface area contributed by atoms with Crippen LogP contribution < -0.4 is 4.74 Å². The van der Waals surface area contributed by atoms with Gasteiger partial charge in [-0.2, -0.15) is 0 Å². The Morgan fingerprint density at radius 3 is 2.41 bits per heavy atom. The third kappa shape index (κ3) is 6.32. The normalized spacial score (nSPS) is 11.0. The first-order valence-corrected chi connectivity index (χ1v) is 9.62. The Kier molecular flexibility index (Phi) is 6.80. The van der Waals surface area contributed by atoms with Gasteiger partial charge in [0, 0.05) is 18.3 Å². The zero-order chi connectivity index (χ0) is 20.6. The molecule has 0 spiro atoms. The van der Waals surface area contributed by atoms with Crippen molar-refractivity contribution in [2.45, 2.75) is 33.3 Å². The maximum Gasteiger partial charge on any atom is 0.337 e. The van der Waals surface area contributed by atoms with Gasteiger partial charge in [-0.25, -0.2) is 4.79 Å². The second-order valence-corrected chi connectivity index (χ2v) is 7.16. The fourth-order valence-electron chi connectivity index (χ4n) is 3.18. The second-order valence-electron chi connectivity index (χ2n) is 7.16. The Hall–Kier alpha value is -3.40. The predicted molar refractivity (Wildman–Crippen MR) is 114 cm³/mol. The molecule has 0 fully saturated rings. The molecule has 0 amide bonds. The summed E-state index contributed by atoms with van der Waals surface area (Å²) in [6, 6.07) is 17.9. The van der Waals surface area contributed by atoms with E-state index >= 15 is 0 Å². The molecule has 2 aromatic carbocycles. The summed E-state index contributed by atoms with van der Waals surface area (Å²) in [5, 5.41) is 8.90. The molecule has 148 valence electrons. The summed E-state index contributed by atoms with van der Waals surface area (Å²) in [6.45, 7) is 4.75. The van der Waals surface area contributed by atoms with Gasteiger partial charge in [-0.15, -0.1) is 0 Å². The lowest BCUT2D eigenvalue weighted by Crippen LogP contribution is -1.98. The molecule has 3 rings (SSSR count). The first-order chi connectivity index (χ1) is 14.0. The highest BCUT2D eigenvalue weighted by Crippen LogP contribution is 2.17. The number of carbonyl (C=O) groups is 1. The minimum atomic E-state index is -0.959. The Morgan fingerprint density at radius 2 is 1.72 bits per heavy atom. The quantitative estimate of drug-likeness (QED) is 0.532. The first kappa shape index (κ1) is 20.3. The van der Waals surface area contributed by atoms with Crippen LogP contribution in [-0.2, 0) is 19.4 Å². The van der Waals surface area contributed by atoms with Crippen molar-refractivity contribution in [2.24, 2.45) is 0 Å². The summed E-state index contributed by atoms with van der Waals surface area (Å²) in [5.74, 6) is -0.0970. The molecule has 0 atom stereocenters. The van der Waals surface area contributed by atoms with Crippen LogP contribution >= 0.6 is 0 Å². The molecule has 1 N–H and O–H groups in total. The molecule has 4 heteroatoms. The number of carboxylic acids is 1. The van der Waals surface area contributed by atoms with E-state index < -0.39 is 5.97 Å². The number of nitrogens with zero attached hydrogens (tertiary/aromatic N) is 1. The summed E-state index contributed by atoms with van der Waals surface area (Å²) in [6.07, 6.45) is 7.00. The van der Waals surface area contributed by atoms with Crippen molar-refractivity contribution in [3.63, 3.8) is 0 Å². The summed E-state index contributed by atoms with van der Waals surface area (Å²) in [7, 11) is 0. The number of aromatic nitrogens is 1. The third-order valence-electron chi connectivity index (χ3n) is 4.50. The van der Waals surface area contributed by atoms with Crippen LogP contribution in [0.4, 0.5) is 0 Å². The van der Waals surface area contributed by atoms with Crippen LogP contribution in [0.2, 0.25) is 0 Å². The van der Waals surface area contributed by atoms with Gasteiger partial charge in [-0.1, -0.05) is 53.6 Å². The third-order valence-corrected chi connectivity index (χ3v) is 4.50. The van der Waals surface area contributed by atoms with Gasteiger partial charge in [0.25, 0.3) is 0 Å². The number of hydrogen-bond acceptors (Lipinski definition) is 3. The highest BCUT2D eigenvalue weighted by molar-refractivity contribution is 5.87. The van der Waals surface area contributed by atoms with Crippen molar-refractivity contribution in [1.29, 1.82) is 0 Å². The standard InChI is InChI=1S/C25H25NO3/c1-18-12-19(2)14-21(13-18)17-29-24-9-5-7-20(15-24)6-3-4-8-23-11-10-22(16-26-23)25(27)28/h3-5,7,9-16H,6,8,17H2,1-2H3,(H,27,28)/b4-3+. The van der Waals surface area contributed by atoms with E-state index in [1.165, 1.54) is 28.5 Å². The molecular formula is C25H25NO3. The van der Waals surface area contributed by atoms with Gasteiger partial charge in [0.2, 0.25) is 0 Å². The van der Waals surface area contributed by atoms with E-state index in [0.717, 1.165) is 17.9 Å². The van der Waals surface area contributed by atoms with Crippen LogP contribution in [0, 0.1) is 13.8 Å². The minimum Gasteiger partial charge on any atom is -0.489 e. The maximum absolute atomic E-state index is 10.8. The van der Waals surface area contributed by atoms with E-state index in [0.29, 0.717) is 13.0 Å². The predicted octanol–water partition coefficient (Wildman–Crippen LogP) is 5.32. The summed E-state index contributed by atoms with van der Waals surface area (Å²) in [4.78, 5) is 15.0. The van der Waals surface area contributed by atoms with Crippen LogP contribution in [0.5, 0.6) is 5.75 Å². The first-order valence-electron chi connectivity index (χ1n) is 9.62. The zero-order valence-electron chi connectivity index (χ0n) is 16.8. The van der Waals surface area contributed by atoms with Crippen LogP contribution in [0.25, 0.3) is 0 Å². The van der Waals surface area contributed by atoms with E-state index in [4.69, 9.17) is 9.84 Å². The molecule has 29 heavy (non-hydrogen) atoms. The van der Waals surface area contributed by atoms with E-state index in [1.54, 1.807) is 12.1 Å². The number of aromatic carboxylic acids is 1. The number of ether oxygens (including phenoxy) is 1.